The van der Waals surface area contributed by atoms with Gasteiger partial charge in [-0.05, 0) is 54.1 Å². The van der Waals surface area contributed by atoms with Crippen molar-refractivity contribution in [3.8, 4) is 0 Å². The van der Waals surface area contributed by atoms with Crippen molar-refractivity contribution in [2.75, 3.05) is 5.32 Å². The molecule has 0 saturated carbocycles. The van der Waals surface area contributed by atoms with Gasteiger partial charge in [-0.1, -0.05) is 23.7 Å². The number of carbonyl (C=O) groups is 1. The van der Waals surface area contributed by atoms with E-state index in [4.69, 9.17) is 11.6 Å². The van der Waals surface area contributed by atoms with Crippen molar-refractivity contribution in [1.82, 2.24) is 15.5 Å². The first-order valence-electron chi connectivity index (χ1n) is 7.49. The van der Waals surface area contributed by atoms with E-state index < -0.39 is 0 Å². The summed E-state index contributed by atoms with van der Waals surface area (Å²) in [6.45, 7) is 0.368. The summed E-state index contributed by atoms with van der Waals surface area (Å²) in [6, 6.07) is 16.3. The Hall–Kier alpha value is -2.99. The molecule has 0 unspecified atom stereocenters. The van der Waals surface area contributed by atoms with E-state index in [9.17, 15) is 9.18 Å². The Bertz CT molecular complexity index is 852. The SMILES string of the molecule is O=C(NCc1ccc(Cl)cc1)c1ccc(Nc2ccc(F)cc2)nn1. The van der Waals surface area contributed by atoms with Crippen molar-refractivity contribution < 1.29 is 9.18 Å². The van der Waals surface area contributed by atoms with Gasteiger partial charge in [-0.15, -0.1) is 10.2 Å². The third-order valence-corrected chi connectivity index (χ3v) is 3.63. The molecule has 1 heterocycles. The molecule has 0 radical (unpaired) electrons. The molecule has 1 aromatic heterocycles. The van der Waals surface area contributed by atoms with Gasteiger partial charge in [0.1, 0.15) is 5.82 Å². The Balaban J connectivity index is 1.58. The van der Waals surface area contributed by atoms with Crippen LogP contribution < -0.4 is 10.6 Å². The lowest BCUT2D eigenvalue weighted by Crippen LogP contribution is -2.24. The summed E-state index contributed by atoms with van der Waals surface area (Å²) in [5.41, 5.74) is 1.81. The highest BCUT2D eigenvalue weighted by atomic mass is 35.5. The number of rotatable bonds is 5. The van der Waals surface area contributed by atoms with Crippen LogP contribution in [0.3, 0.4) is 0 Å². The molecule has 0 atom stereocenters. The molecule has 0 saturated heterocycles. The van der Waals surface area contributed by atoms with Crippen LogP contribution in [-0.2, 0) is 6.54 Å². The topological polar surface area (TPSA) is 66.9 Å². The number of aromatic nitrogens is 2. The molecule has 25 heavy (non-hydrogen) atoms. The zero-order valence-corrected chi connectivity index (χ0v) is 13.8. The number of anilines is 2. The summed E-state index contributed by atoms with van der Waals surface area (Å²) in [6.07, 6.45) is 0. The quantitative estimate of drug-likeness (QED) is 0.726. The Labute approximate surface area is 148 Å². The monoisotopic (exact) mass is 356 g/mol. The maximum absolute atomic E-state index is 12.9. The first-order chi connectivity index (χ1) is 12.1. The van der Waals surface area contributed by atoms with Gasteiger partial charge in [-0.3, -0.25) is 4.79 Å². The van der Waals surface area contributed by atoms with Crippen molar-refractivity contribution in [3.05, 3.63) is 82.8 Å². The first kappa shape index (κ1) is 16.9. The summed E-state index contributed by atoms with van der Waals surface area (Å²) in [4.78, 5) is 12.1. The summed E-state index contributed by atoms with van der Waals surface area (Å²) in [7, 11) is 0. The van der Waals surface area contributed by atoms with E-state index in [1.807, 2.05) is 12.1 Å². The van der Waals surface area contributed by atoms with E-state index in [-0.39, 0.29) is 17.4 Å². The van der Waals surface area contributed by atoms with Crippen LogP contribution in [0.25, 0.3) is 0 Å². The molecule has 0 aliphatic rings. The number of nitrogens with one attached hydrogen (secondary N) is 2. The van der Waals surface area contributed by atoms with Gasteiger partial charge in [-0.2, -0.15) is 0 Å². The second kappa shape index (κ2) is 7.72. The van der Waals surface area contributed by atoms with E-state index in [0.29, 0.717) is 23.1 Å². The standard InChI is InChI=1S/C18H14ClFN4O/c19-13-3-1-12(2-4-13)11-21-18(25)16-9-10-17(24-23-16)22-15-7-5-14(20)6-8-15/h1-10H,11H2,(H,21,25)(H,22,24). The van der Waals surface area contributed by atoms with Gasteiger partial charge in [0.15, 0.2) is 11.5 Å². The molecule has 126 valence electrons. The van der Waals surface area contributed by atoms with Crippen molar-refractivity contribution in [3.63, 3.8) is 0 Å². The smallest absolute Gasteiger partial charge is 0.272 e. The summed E-state index contributed by atoms with van der Waals surface area (Å²) >= 11 is 5.82. The minimum Gasteiger partial charge on any atom is -0.347 e. The maximum Gasteiger partial charge on any atom is 0.272 e. The van der Waals surface area contributed by atoms with Gasteiger partial charge in [-0.25, -0.2) is 4.39 Å². The van der Waals surface area contributed by atoms with Crippen LogP contribution in [0.15, 0.2) is 60.7 Å². The Kier molecular flexibility index (Phi) is 5.20. The number of hydrogen-bond donors (Lipinski definition) is 2. The second-order valence-corrected chi connectivity index (χ2v) is 5.68. The van der Waals surface area contributed by atoms with Crippen molar-refractivity contribution in [2.24, 2.45) is 0 Å². The normalized spacial score (nSPS) is 10.3. The van der Waals surface area contributed by atoms with E-state index in [2.05, 4.69) is 20.8 Å². The van der Waals surface area contributed by atoms with Crippen LogP contribution >= 0.6 is 11.6 Å². The van der Waals surface area contributed by atoms with Crippen LogP contribution in [0.2, 0.25) is 5.02 Å². The molecule has 3 rings (SSSR count). The average Bonchev–Trinajstić information content (AvgIpc) is 2.63. The van der Waals surface area contributed by atoms with Crippen LogP contribution in [0.1, 0.15) is 16.1 Å². The number of benzene rings is 2. The molecular formula is C18H14ClFN4O. The van der Waals surface area contributed by atoms with Gasteiger partial charge in [0.05, 0.1) is 0 Å². The fourth-order valence-electron chi connectivity index (χ4n) is 2.08. The third-order valence-electron chi connectivity index (χ3n) is 3.38. The molecule has 5 nitrogen and oxygen atoms in total. The van der Waals surface area contributed by atoms with E-state index in [0.717, 1.165) is 5.56 Å². The zero-order chi connectivity index (χ0) is 17.6. The largest absolute Gasteiger partial charge is 0.347 e. The molecule has 0 aliphatic carbocycles. The molecule has 0 bridgehead atoms. The second-order valence-electron chi connectivity index (χ2n) is 5.24. The number of amides is 1. The third kappa shape index (κ3) is 4.74. The van der Waals surface area contributed by atoms with Gasteiger partial charge in [0.2, 0.25) is 0 Å². The van der Waals surface area contributed by atoms with Crippen LogP contribution in [0.4, 0.5) is 15.9 Å². The first-order valence-corrected chi connectivity index (χ1v) is 7.87. The van der Waals surface area contributed by atoms with Crippen molar-refractivity contribution in [2.45, 2.75) is 6.54 Å². The fourth-order valence-corrected chi connectivity index (χ4v) is 2.20. The molecule has 0 spiro atoms. The number of hydrogen-bond acceptors (Lipinski definition) is 4. The van der Waals surface area contributed by atoms with Gasteiger partial charge in [0.25, 0.3) is 5.91 Å². The van der Waals surface area contributed by atoms with Gasteiger partial charge >= 0.3 is 0 Å². The number of nitrogens with zero attached hydrogens (tertiary/aromatic N) is 2. The average molecular weight is 357 g/mol. The summed E-state index contributed by atoms with van der Waals surface area (Å²) in [5, 5.41) is 14.2. The fraction of sp³-hybridized carbons (Fsp3) is 0.0556. The lowest BCUT2D eigenvalue weighted by atomic mass is 10.2. The molecular weight excluding hydrogens is 343 g/mol. The van der Waals surface area contributed by atoms with Crippen LogP contribution in [0.5, 0.6) is 0 Å². The lowest BCUT2D eigenvalue weighted by molar-refractivity contribution is 0.0945. The molecule has 1 amide bonds. The van der Waals surface area contributed by atoms with Crippen LogP contribution in [-0.4, -0.2) is 16.1 Å². The number of halogens is 2. The predicted molar refractivity (Wildman–Crippen MR) is 94.3 cm³/mol. The minimum absolute atomic E-state index is 0.207. The number of carbonyl (C=O) groups excluding carboxylic acids is 1. The Morgan fingerprint density at radius 1 is 0.960 bits per heavy atom. The molecule has 2 N–H and O–H groups in total. The Morgan fingerprint density at radius 2 is 1.68 bits per heavy atom. The van der Waals surface area contributed by atoms with Crippen molar-refractivity contribution in [1.29, 1.82) is 0 Å². The highest BCUT2D eigenvalue weighted by Crippen LogP contribution is 2.14. The minimum atomic E-state index is -0.323. The van der Waals surface area contributed by atoms with E-state index in [1.54, 1.807) is 36.4 Å². The molecule has 0 fully saturated rings. The molecule has 3 aromatic rings. The van der Waals surface area contributed by atoms with Crippen molar-refractivity contribution >= 4 is 29.0 Å². The van der Waals surface area contributed by atoms with Crippen LogP contribution in [0, 0.1) is 5.82 Å². The summed E-state index contributed by atoms with van der Waals surface area (Å²) in [5.74, 6) is -0.180. The highest BCUT2D eigenvalue weighted by Gasteiger charge is 2.08. The highest BCUT2D eigenvalue weighted by molar-refractivity contribution is 6.30. The van der Waals surface area contributed by atoms with E-state index >= 15 is 0 Å². The molecule has 0 aliphatic heterocycles. The molecule has 7 heteroatoms. The molecule has 2 aromatic carbocycles. The van der Waals surface area contributed by atoms with E-state index in [1.165, 1.54) is 12.1 Å². The van der Waals surface area contributed by atoms with Gasteiger partial charge < -0.3 is 10.6 Å². The maximum atomic E-state index is 12.9. The predicted octanol–water partition coefficient (Wildman–Crippen LogP) is 3.94. The Morgan fingerprint density at radius 3 is 2.32 bits per heavy atom. The lowest BCUT2D eigenvalue weighted by Gasteiger charge is -2.07. The summed E-state index contributed by atoms with van der Waals surface area (Å²) < 4.78 is 12.9. The van der Waals surface area contributed by atoms with Gasteiger partial charge in [0, 0.05) is 17.3 Å². The zero-order valence-electron chi connectivity index (χ0n) is 13.0.